The maximum Gasteiger partial charge on any atom is 0.291 e. The van der Waals surface area contributed by atoms with Crippen molar-refractivity contribution in [1.82, 2.24) is 4.98 Å². The summed E-state index contributed by atoms with van der Waals surface area (Å²) in [7, 11) is 0. The van der Waals surface area contributed by atoms with Crippen LogP contribution < -0.4 is 5.73 Å². The van der Waals surface area contributed by atoms with Gasteiger partial charge in [-0.25, -0.2) is 4.98 Å². The quantitative estimate of drug-likeness (QED) is 0.684. The van der Waals surface area contributed by atoms with E-state index in [0.29, 0.717) is 12.0 Å². The van der Waals surface area contributed by atoms with Crippen LogP contribution in [-0.2, 0) is 6.42 Å². The molecule has 1 aromatic heterocycles. The molecule has 2 aromatic rings. The van der Waals surface area contributed by atoms with Gasteiger partial charge in [-0.2, -0.15) is 0 Å². The highest BCUT2D eigenvalue weighted by Crippen LogP contribution is 2.30. The summed E-state index contributed by atoms with van der Waals surface area (Å²) in [6.07, 6.45) is 1.78. The molecule has 0 amide bonds. The van der Waals surface area contributed by atoms with Crippen LogP contribution in [0.5, 0.6) is 0 Å². The molecule has 1 atom stereocenters. The molecule has 6 heteroatoms. The molecule has 20 heavy (non-hydrogen) atoms. The normalized spacial score (nSPS) is 12.8. The van der Waals surface area contributed by atoms with Gasteiger partial charge in [-0.15, -0.1) is 0 Å². The monoisotopic (exact) mass is 337 g/mol. The third kappa shape index (κ3) is 2.96. The van der Waals surface area contributed by atoms with E-state index in [-0.39, 0.29) is 17.6 Å². The number of nitrogens with zero attached hydrogens (tertiary/aromatic N) is 2. The van der Waals surface area contributed by atoms with E-state index in [4.69, 9.17) is 5.73 Å². The maximum atomic E-state index is 11.2. The lowest BCUT2D eigenvalue weighted by Crippen LogP contribution is -2.29. The summed E-state index contributed by atoms with van der Waals surface area (Å²) in [4.78, 5) is 15.0. The van der Waals surface area contributed by atoms with Crippen LogP contribution in [0.1, 0.15) is 19.4 Å². The number of fused-ring (bicyclic) bond motifs is 1. The minimum absolute atomic E-state index is 0.0340. The van der Waals surface area contributed by atoms with Crippen molar-refractivity contribution in [1.29, 1.82) is 0 Å². The summed E-state index contributed by atoms with van der Waals surface area (Å²) in [5.41, 5.74) is 7.52. The maximum absolute atomic E-state index is 11.2. The highest BCUT2D eigenvalue weighted by atomic mass is 79.9. The van der Waals surface area contributed by atoms with Crippen LogP contribution in [-0.4, -0.2) is 15.9 Å². The van der Waals surface area contributed by atoms with Crippen LogP contribution in [0.25, 0.3) is 10.9 Å². The second-order valence-corrected chi connectivity index (χ2v) is 6.07. The molecular weight excluding hydrogens is 322 g/mol. The van der Waals surface area contributed by atoms with Gasteiger partial charge in [0.05, 0.1) is 10.4 Å². The second-order valence-electron chi connectivity index (χ2n) is 5.15. The number of pyridine rings is 1. The van der Waals surface area contributed by atoms with Gasteiger partial charge >= 0.3 is 0 Å². The molecule has 5 nitrogen and oxygen atoms in total. The number of nitrogens with two attached hydrogens (primary N) is 1. The fourth-order valence-corrected chi connectivity index (χ4v) is 2.41. The van der Waals surface area contributed by atoms with Crippen molar-refractivity contribution in [2.75, 3.05) is 0 Å². The van der Waals surface area contributed by atoms with Crippen LogP contribution in [0.4, 0.5) is 5.69 Å². The molecule has 0 radical (unpaired) electrons. The zero-order valence-electron chi connectivity index (χ0n) is 11.3. The minimum atomic E-state index is -0.393. The SMILES string of the molecule is CC(C)C(N)Cc1c([N+](=O)[O-])cnc2ccc(Br)cc12. The Labute approximate surface area is 125 Å². The summed E-state index contributed by atoms with van der Waals surface area (Å²) in [6.45, 7) is 4.02. The van der Waals surface area contributed by atoms with Crippen molar-refractivity contribution in [3.05, 3.63) is 44.5 Å². The molecule has 2 N–H and O–H groups in total. The third-order valence-corrected chi connectivity index (χ3v) is 3.90. The Balaban J connectivity index is 2.64. The number of halogens is 1. The van der Waals surface area contributed by atoms with Gasteiger partial charge < -0.3 is 5.73 Å². The first-order chi connectivity index (χ1) is 9.40. The lowest BCUT2D eigenvalue weighted by atomic mass is 9.94. The van der Waals surface area contributed by atoms with Gasteiger partial charge in [-0.05, 0) is 30.5 Å². The van der Waals surface area contributed by atoms with E-state index < -0.39 is 4.92 Å². The first kappa shape index (κ1) is 14.9. The number of nitro groups is 1. The molecule has 0 fully saturated rings. The Morgan fingerprint density at radius 3 is 2.75 bits per heavy atom. The average molecular weight is 338 g/mol. The summed E-state index contributed by atoms with van der Waals surface area (Å²) >= 11 is 3.39. The van der Waals surface area contributed by atoms with Gasteiger partial charge in [0.25, 0.3) is 5.69 Å². The molecule has 1 heterocycles. The third-order valence-electron chi connectivity index (χ3n) is 3.41. The molecule has 0 bridgehead atoms. The first-order valence-electron chi connectivity index (χ1n) is 6.37. The van der Waals surface area contributed by atoms with Gasteiger partial charge in [0, 0.05) is 21.5 Å². The molecule has 0 spiro atoms. The number of benzene rings is 1. The Bertz CT molecular complexity index is 658. The predicted molar refractivity (Wildman–Crippen MR) is 82.6 cm³/mol. The highest BCUT2D eigenvalue weighted by Gasteiger charge is 2.21. The van der Waals surface area contributed by atoms with Crippen molar-refractivity contribution in [2.24, 2.45) is 11.7 Å². The van der Waals surface area contributed by atoms with E-state index in [1.807, 2.05) is 32.0 Å². The molecule has 2 rings (SSSR count). The fourth-order valence-electron chi connectivity index (χ4n) is 2.05. The summed E-state index contributed by atoms with van der Waals surface area (Å²) in [6, 6.07) is 5.44. The molecule has 1 aromatic carbocycles. The van der Waals surface area contributed by atoms with Crippen molar-refractivity contribution >= 4 is 32.5 Å². The Morgan fingerprint density at radius 2 is 2.15 bits per heavy atom. The molecule has 0 aliphatic rings. The van der Waals surface area contributed by atoms with Crippen molar-refractivity contribution in [3.8, 4) is 0 Å². The summed E-state index contributed by atoms with van der Waals surface area (Å²) < 4.78 is 0.867. The van der Waals surface area contributed by atoms with Crippen molar-refractivity contribution in [2.45, 2.75) is 26.3 Å². The van der Waals surface area contributed by atoms with Gasteiger partial charge in [0.1, 0.15) is 6.20 Å². The molecule has 1 unspecified atom stereocenters. The topological polar surface area (TPSA) is 82.0 Å². The number of aromatic nitrogens is 1. The highest BCUT2D eigenvalue weighted by molar-refractivity contribution is 9.10. The van der Waals surface area contributed by atoms with E-state index in [9.17, 15) is 10.1 Å². The zero-order valence-corrected chi connectivity index (χ0v) is 12.9. The smallest absolute Gasteiger partial charge is 0.291 e. The van der Waals surface area contributed by atoms with E-state index in [1.165, 1.54) is 6.20 Å². The van der Waals surface area contributed by atoms with Crippen LogP contribution in [0.3, 0.4) is 0 Å². The largest absolute Gasteiger partial charge is 0.327 e. The van der Waals surface area contributed by atoms with Gasteiger partial charge in [0.15, 0.2) is 0 Å². The van der Waals surface area contributed by atoms with E-state index in [0.717, 1.165) is 15.4 Å². The Hall–Kier alpha value is -1.53. The van der Waals surface area contributed by atoms with Crippen LogP contribution in [0, 0.1) is 16.0 Å². The second kappa shape index (κ2) is 5.85. The molecule has 106 valence electrons. The van der Waals surface area contributed by atoms with E-state index in [2.05, 4.69) is 20.9 Å². The fraction of sp³-hybridized carbons (Fsp3) is 0.357. The lowest BCUT2D eigenvalue weighted by Gasteiger charge is -2.16. The number of rotatable bonds is 4. The van der Waals surface area contributed by atoms with Crippen LogP contribution in [0.15, 0.2) is 28.9 Å². The molecule has 0 saturated heterocycles. The standard InChI is InChI=1S/C14H16BrN3O2/c1-8(2)12(16)6-11-10-5-9(15)3-4-13(10)17-7-14(11)18(19)20/h3-5,7-8,12H,6,16H2,1-2H3. The molecule has 0 saturated carbocycles. The average Bonchev–Trinajstić information content (AvgIpc) is 2.38. The number of hydrogen-bond acceptors (Lipinski definition) is 4. The van der Waals surface area contributed by atoms with Gasteiger partial charge in [-0.3, -0.25) is 10.1 Å². The van der Waals surface area contributed by atoms with Gasteiger partial charge in [0.2, 0.25) is 0 Å². The van der Waals surface area contributed by atoms with E-state index >= 15 is 0 Å². The van der Waals surface area contributed by atoms with Crippen molar-refractivity contribution < 1.29 is 4.92 Å². The molecular formula is C14H16BrN3O2. The summed E-state index contributed by atoms with van der Waals surface area (Å²) in [5.74, 6) is 0.255. The Morgan fingerprint density at radius 1 is 1.45 bits per heavy atom. The molecule has 0 aliphatic heterocycles. The Kier molecular flexibility index (Phi) is 4.35. The number of hydrogen-bond donors (Lipinski definition) is 1. The first-order valence-corrected chi connectivity index (χ1v) is 7.16. The minimum Gasteiger partial charge on any atom is -0.327 e. The van der Waals surface area contributed by atoms with Crippen molar-refractivity contribution in [3.63, 3.8) is 0 Å². The van der Waals surface area contributed by atoms with Crippen LogP contribution >= 0.6 is 15.9 Å². The van der Waals surface area contributed by atoms with Crippen LogP contribution in [0.2, 0.25) is 0 Å². The predicted octanol–water partition coefficient (Wildman–Crippen LogP) is 3.43. The summed E-state index contributed by atoms with van der Waals surface area (Å²) in [5, 5.41) is 12.0. The van der Waals surface area contributed by atoms with Gasteiger partial charge in [-0.1, -0.05) is 29.8 Å². The molecule has 0 aliphatic carbocycles. The zero-order chi connectivity index (χ0) is 14.9. The van der Waals surface area contributed by atoms with E-state index in [1.54, 1.807) is 0 Å². The lowest BCUT2D eigenvalue weighted by molar-refractivity contribution is -0.385.